The number of hydrogen-bond donors (Lipinski definition) is 3. The standard InChI is InChI=1S/C8H5NO2.C7H7NO2/c9-5-6-2-1-3-7(4-6)8(10)11;8-6-3-1-2-5(4-6)7(9)10/h1-4H,(H,10,11);1-4H,8H2,(H,9,10). The molecular weight excluding hydrogens is 272 g/mol. The number of carboxylic acid groups (broad SMARTS) is 2. The van der Waals surface area contributed by atoms with Gasteiger partial charge in [0.1, 0.15) is 0 Å². The Kier molecular flexibility index (Phi) is 5.47. The van der Waals surface area contributed by atoms with Gasteiger partial charge in [0.25, 0.3) is 0 Å². The van der Waals surface area contributed by atoms with E-state index in [1.54, 1.807) is 24.3 Å². The Morgan fingerprint density at radius 1 is 0.952 bits per heavy atom. The minimum atomic E-state index is -1.01. The summed E-state index contributed by atoms with van der Waals surface area (Å²) in [5, 5.41) is 25.3. The number of carboxylic acids is 2. The number of hydrogen-bond acceptors (Lipinski definition) is 4. The van der Waals surface area contributed by atoms with Crippen LogP contribution in [0.3, 0.4) is 0 Å². The SMILES string of the molecule is N#Cc1cccc(C(=O)O)c1.Nc1cccc(C(=O)O)c1. The lowest BCUT2D eigenvalue weighted by atomic mass is 10.1. The summed E-state index contributed by atoms with van der Waals surface area (Å²) in [7, 11) is 0. The molecule has 6 nitrogen and oxygen atoms in total. The van der Waals surface area contributed by atoms with Crippen molar-refractivity contribution in [3.63, 3.8) is 0 Å². The van der Waals surface area contributed by atoms with E-state index in [9.17, 15) is 9.59 Å². The van der Waals surface area contributed by atoms with Crippen molar-refractivity contribution in [3.8, 4) is 6.07 Å². The van der Waals surface area contributed by atoms with E-state index in [0.717, 1.165) is 0 Å². The third-order valence-electron chi connectivity index (χ3n) is 2.37. The Bertz CT molecular complexity index is 705. The van der Waals surface area contributed by atoms with Gasteiger partial charge in [0, 0.05) is 5.69 Å². The summed E-state index contributed by atoms with van der Waals surface area (Å²) in [6.07, 6.45) is 0. The maximum Gasteiger partial charge on any atom is 0.335 e. The molecule has 0 aromatic heterocycles. The van der Waals surface area contributed by atoms with Crippen LogP contribution in [0.4, 0.5) is 5.69 Å². The molecule has 0 saturated heterocycles. The van der Waals surface area contributed by atoms with Crippen molar-refractivity contribution in [2.45, 2.75) is 0 Å². The fourth-order valence-corrected chi connectivity index (χ4v) is 1.39. The zero-order valence-electron chi connectivity index (χ0n) is 10.9. The molecule has 2 aromatic rings. The number of benzene rings is 2. The highest BCUT2D eigenvalue weighted by Gasteiger charge is 2.01. The van der Waals surface area contributed by atoms with Crippen LogP contribution in [-0.2, 0) is 0 Å². The van der Waals surface area contributed by atoms with E-state index in [0.29, 0.717) is 11.3 Å². The summed E-state index contributed by atoms with van der Waals surface area (Å²) >= 11 is 0. The zero-order chi connectivity index (χ0) is 15.8. The first-order valence-corrected chi connectivity index (χ1v) is 5.76. The summed E-state index contributed by atoms with van der Waals surface area (Å²) in [5.74, 6) is -1.96. The van der Waals surface area contributed by atoms with E-state index in [1.807, 2.05) is 6.07 Å². The number of nitrogens with two attached hydrogens (primary N) is 1. The van der Waals surface area contributed by atoms with Crippen LogP contribution in [0.2, 0.25) is 0 Å². The monoisotopic (exact) mass is 284 g/mol. The number of nitrogens with zero attached hydrogens (tertiary/aromatic N) is 1. The molecule has 0 aliphatic rings. The van der Waals surface area contributed by atoms with E-state index in [4.69, 9.17) is 21.2 Å². The molecule has 0 amide bonds. The Morgan fingerprint density at radius 2 is 1.48 bits per heavy atom. The van der Waals surface area contributed by atoms with Gasteiger partial charge in [-0.1, -0.05) is 12.1 Å². The van der Waals surface area contributed by atoms with Crippen molar-refractivity contribution in [1.29, 1.82) is 5.26 Å². The van der Waals surface area contributed by atoms with Crippen LogP contribution in [0.15, 0.2) is 48.5 Å². The van der Waals surface area contributed by atoms with Crippen LogP contribution in [-0.4, -0.2) is 22.2 Å². The zero-order valence-corrected chi connectivity index (χ0v) is 10.9. The lowest BCUT2D eigenvalue weighted by molar-refractivity contribution is 0.0686. The van der Waals surface area contributed by atoms with Crippen molar-refractivity contribution >= 4 is 17.6 Å². The molecule has 0 unspecified atom stereocenters. The first-order chi connectivity index (χ1) is 9.93. The summed E-state index contributed by atoms with van der Waals surface area (Å²) in [4.78, 5) is 20.7. The molecule has 0 aliphatic heterocycles. The molecule has 0 radical (unpaired) electrons. The van der Waals surface area contributed by atoms with Crippen molar-refractivity contribution < 1.29 is 19.8 Å². The summed E-state index contributed by atoms with van der Waals surface area (Å²) in [5.41, 5.74) is 6.54. The van der Waals surface area contributed by atoms with Crippen LogP contribution in [0, 0.1) is 11.3 Å². The number of aromatic carboxylic acids is 2. The minimum absolute atomic E-state index is 0.143. The number of carbonyl (C=O) groups is 2. The smallest absolute Gasteiger partial charge is 0.335 e. The van der Waals surface area contributed by atoms with Gasteiger partial charge in [-0.25, -0.2) is 9.59 Å². The van der Waals surface area contributed by atoms with Crippen molar-refractivity contribution in [3.05, 3.63) is 65.2 Å². The van der Waals surface area contributed by atoms with Gasteiger partial charge in [0.15, 0.2) is 0 Å². The molecule has 0 spiro atoms. The Labute approximate surface area is 120 Å². The van der Waals surface area contributed by atoms with Gasteiger partial charge >= 0.3 is 11.9 Å². The average molecular weight is 284 g/mol. The van der Waals surface area contributed by atoms with Crippen LogP contribution in [0.1, 0.15) is 26.3 Å². The molecule has 0 aliphatic carbocycles. The first kappa shape index (κ1) is 15.7. The summed E-state index contributed by atoms with van der Waals surface area (Å²) < 4.78 is 0. The molecule has 0 saturated carbocycles. The highest BCUT2D eigenvalue weighted by Crippen LogP contribution is 2.05. The largest absolute Gasteiger partial charge is 0.478 e. The number of nitrogen functional groups attached to an aromatic ring is 1. The van der Waals surface area contributed by atoms with Crippen LogP contribution >= 0.6 is 0 Å². The van der Waals surface area contributed by atoms with E-state index in [2.05, 4.69) is 0 Å². The first-order valence-electron chi connectivity index (χ1n) is 5.76. The normalized spacial score (nSPS) is 8.90. The second kappa shape index (κ2) is 7.31. The number of nitriles is 1. The van der Waals surface area contributed by atoms with Gasteiger partial charge in [-0.15, -0.1) is 0 Å². The highest BCUT2D eigenvalue weighted by atomic mass is 16.4. The quantitative estimate of drug-likeness (QED) is 0.726. The predicted molar refractivity (Wildman–Crippen MR) is 75.9 cm³/mol. The third kappa shape index (κ3) is 5.04. The second-order valence-electron chi connectivity index (χ2n) is 3.93. The number of anilines is 1. The predicted octanol–water partition coefficient (Wildman–Crippen LogP) is 2.22. The van der Waals surface area contributed by atoms with Gasteiger partial charge in [-0.3, -0.25) is 0 Å². The molecule has 106 valence electrons. The molecule has 4 N–H and O–H groups in total. The van der Waals surface area contributed by atoms with Crippen LogP contribution in [0.25, 0.3) is 0 Å². The maximum absolute atomic E-state index is 10.4. The van der Waals surface area contributed by atoms with Crippen molar-refractivity contribution in [2.75, 3.05) is 5.73 Å². The highest BCUT2D eigenvalue weighted by molar-refractivity contribution is 5.88. The van der Waals surface area contributed by atoms with Crippen molar-refractivity contribution in [2.24, 2.45) is 0 Å². The topological polar surface area (TPSA) is 124 Å². The Morgan fingerprint density at radius 3 is 1.90 bits per heavy atom. The fraction of sp³-hybridized carbons (Fsp3) is 0. The van der Waals surface area contributed by atoms with Gasteiger partial charge in [0.05, 0.1) is 22.8 Å². The number of rotatable bonds is 2. The summed E-state index contributed by atoms with van der Waals surface area (Å²) in [6, 6.07) is 13.9. The molecule has 0 atom stereocenters. The van der Waals surface area contributed by atoms with E-state index >= 15 is 0 Å². The second-order valence-corrected chi connectivity index (χ2v) is 3.93. The fourth-order valence-electron chi connectivity index (χ4n) is 1.39. The third-order valence-corrected chi connectivity index (χ3v) is 2.37. The molecule has 21 heavy (non-hydrogen) atoms. The van der Waals surface area contributed by atoms with Crippen LogP contribution in [0.5, 0.6) is 0 Å². The molecule has 0 heterocycles. The molecule has 0 bridgehead atoms. The summed E-state index contributed by atoms with van der Waals surface area (Å²) in [6.45, 7) is 0. The Balaban J connectivity index is 0.000000211. The lowest BCUT2D eigenvalue weighted by Crippen LogP contribution is -1.96. The van der Waals surface area contributed by atoms with Crippen LogP contribution < -0.4 is 5.73 Å². The van der Waals surface area contributed by atoms with Gasteiger partial charge in [0.2, 0.25) is 0 Å². The van der Waals surface area contributed by atoms with E-state index in [1.165, 1.54) is 24.3 Å². The molecular formula is C15H12N2O4. The maximum atomic E-state index is 10.4. The molecule has 6 heteroatoms. The van der Waals surface area contributed by atoms with E-state index < -0.39 is 11.9 Å². The van der Waals surface area contributed by atoms with Crippen molar-refractivity contribution in [1.82, 2.24) is 0 Å². The van der Waals surface area contributed by atoms with Gasteiger partial charge in [-0.2, -0.15) is 5.26 Å². The molecule has 2 aromatic carbocycles. The van der Waals surface area contributed by atoms with Gasteiger partial charge in [-0.05, 0) is 36.4 Å². The minimum Gasteiger partial charge on any atom is -0.478 e. The van der Waals surface area contributed by atoms with E-state index in [-0.39, 0.29) is 11.1 Å². The molecule has 2 rings (SSSR count). The lowest BCUT2D eigenvalue weighted by Gasteiger charge is -1.93. The average Bonchev–Trinajstić information content (AvgIpc) is 2.48. The Hall–Kier alpha value is -3.33. The van der Waals surface area contributed by atoms with Gasteiger partial charge < -0.3 is 15.9 Å². The molecule has 0 fully saturated rings.